The first kappa shape index (κ1) is 19.8. The van der Waals surface area contributed by atoms with Crippen LogP contribution in [0.3, 0.4) is 0 Å². The van der Waals surface area contributed by atoms with Crippen molar-refractivity contribution in [3.05, 3.63) is 75.7 Å². The van der Waals surface area contributed by atoms with E-state index in [0.717, 1.165) is 54.0 Å². The molecule has 0 N–H and O–H groups in total. The van der Waals surface area contributed by atoms with Crippen molar-refractivity contribution in [2.45, 2.75) is 45.4 Å². The van der Waals surface area contributed by atoms with E-state index in [0.29, 0.717) is 25.6 Å². The SMILES string of the molecule is Cc1ccc(COc2ccc3c(c2)CCn2c-3cc(OCC3CCCO3)nc2=O)cc1. The Morgan fingerprint density at radius 1 is 1.13 bits per heavy atom. The van der Waals surface area contributed by atoms with Crippen molar-refractivity contribution in [1.29, 1.82) is 0 Å². The number of hydrogen-bond donors (Lipinski definition) is 0. The first-order valence-electron chi connectivity index (χ1n) is 10.8. The molecule has 1 unspecified atom stereocenters. The Labute approximate surface area is 181 Å². The summed E-state index contributed by atoms with van der Waals surface area (Å²) in [7, 11) is 0. The molecule has 0 radical (unpaired) electrons. The van der Waals surface area contributed by atoms with Gasteiger partial charge in [-0.3, -0.25) is 4.57 Å². The second-order valence-electron chi connectivity index (χ2n) is 8.20. The number of aromatic nitrogens is 2. The summed E-state index contributed by atoms with van der Waals surface area (Å²) in [6.45, 7) is 4.40. The number of rotatable bonds is 6. The highest BCUT2D eigenvalue weighted by molar-refractivity contribution is 5.67. The van der Waals surface area contributed by atoms with Crippen LogP contribution in [0.15, 0.2) is 53.3 Å². The summed E-state index contributed by atoms with van der Waals surface area (Å²) >= 11 is 0. The Kier molecular flexibility index (Phi) is 5.47. The van der Waals surface area contributed by atoms with E-state index in [1.807, 2.05) is 18.2 Å². The molecule has 0 spiro atoms. The van der Waals surface area contributed by atoms with Gasteiger partial charge < -0.3 is 14.2 Å². The minimum atomic E-state index is -0.273. The van der Waals surface area contributed by atoms with Crippen LogP contribution in [0.1, 0.15) is 29.5 Å². The molecule has 31 heavy (non-hydrogen) atoms. The number of aryl methyl sites for hydroxylation is 2. The van der Waals surface area contributed by atoms with Crippen molar-refractivity contribution in [1.82, 2.24) is 9.55 Å². The molecular formula is C25H26N2O4. The lowest BCUT2D eigenvalue weighted by Crippen LogP contribution is -2.29. The normalized spacial score (nSPS) is 17.1. The fourth-order valence-corrected chi connectivity index (χ4v) is 4.15. The van der Waals surface area contributed by atoms with Gasteiger partial charge in [0, 0.05) is 24.8 Å². The lowest BCUT2D eigenvalue weighted by molar-refractivity contribution is 0.0661. The molecule has 2 aromatic carbocycles. The van der Waals surface area contributed by atoms with Crippen LogP contribution >= 0.6 is 0 Å². The molecule has 160 valence electrons. The van der Waals surface area contributed by atoms with E-state index in [9.17, 15) is 4.79 Å². The Bertz CT molecular complexity index is 1130. The van der Waals surface area contributed by atoms with Crippen molar-refractivity contribution in [2.75, 3.05) is 13.2 Å². The minimum absolute atomic E-state index is 0.0844. The van der Waals surface area contributed by atoms with Crippen molar-refractivity contribution in [3.8, 4) is 22.9 Å². The van der Waals surface area contributed by atoms with Crippen LogP contribution in [0.4, 0.5) is 0 Å². The Balaban J connectivity index is 1.35. The maximum Gasteiger partial charge on any atom is 0.351 e. The largest absolute Gasteiger partial charge is 0.489 e. The van der Waals surface area contributed by atoms with E-state index in [1.165, 1.54) is 5.56 Å². The molecule has 0 aliphatic carbocycles. The molecule has 6 nitrogen and oxygen atoms in total. The molecule has 5 rings (SSSR count). The fraction of sp³-hybridized carbons (Fsp3) is 0.360. The molecule has 6 heteroatoms. The topological polar surface area (TPSA) is 62.6 Å². The Morgan fingerprint density at radius 2 is 2.00 bits per heavy atom. The molecule has 3 heterocycles. The highest BCUT2D eigenvalue weighted by atomic mass is 16.5. The number of hydrogen-bond acceptors (Lipinski definition) is 5. The summed E-state index contributed by atoms with van der Waals surface area (Å²) in [5, 5.41) is 0. The molecular weight excluding hydrogens is 392 g/mol. The van der Waals surface area contributed by atoms with Crippen LogP contribution in [0.2, 0.25) is 0 Å². The van der Waals surface area contributed by atoms with Crippen LogP contribution in [0.25, 0.3) is 11.3 Å². The average molecular weight is 418 g/mol. The maximum absolute atomic E-state index is 12.6. The second-order valence-corrected chi connectivity index (χ2v) is 8.20. The zero-order valence-corrected chi connectivity index (χ0v) is 17.7. The van der Waals surface area contributed by atoms with Crippen LogP contribution in [-0.2, 0) is 24.3 Å². The van der Waals surface area contributed by atoms with Gasteiger partial charge in [0.2, 0.25) is 5.88 Å². The lowest BCUT2D eigenvalue weighted by atomic mass is 9.97. The Morgan fingerprint density at radius 3 is 2.81 bits per heavy atom. The second kappa shape index (κ2) is 8.55. The number of fused-ring (bicyclic) bond motifs is 3. The van der Waals surface area contributed by atoms with Gasteiger partial charge in [0.1, 0.15) is 19.0 Å². The zero-order valence-electron chi connectivity index (χ0n) is 17.7. The molecule has 0 saturated carbocycles. The Hall–Kier alpha value is -3.12. The summed E-state index contributed by atoms with van der Waals surface area (Å²) in [4.78, 5) is 16.7. The molecule has 0 amide bonds. The predicted molar refractivity (Wildman–Crippen MR) is 118 cm³/mol. The van der Waals surface area contributed by atoms with Crippen LogP contribution < -0.4 is 15.2 Å². The van der Waals surface area contributed by atoms with E-state index in [-0.39, 0.29) is 11.8 Å². The van der Waals surface area contributed by atoms with Crippen molar-refractivity contribution >= 4 is 0 Å². The lowest BCUT2D eigenvalue weighted by Gasteiger charge is -2.22. The van der Waals surface area contributed by atoms with Gasteiger partial charge in [-0.2, -0.15) is 4.98 Å². The van der Waals surface area contributed by atoms with Crippen molar-refractivity contribution in [2.24, 2.45) is 0 Å². The summed E-state index contributed by atoms with van der Waals surface area (Å²) in [6.07, 6.45) is 2.89. The minimum Gasteiger partial charge on any atom is -0.489 e. The molecule has 1 aromatic heterocycles. The maximum atomic E-state index is 12.6. The average Bonchev–Trinajstić information content (AvgIpc) is 3.31. The van der Waals surface area contributed by atoms with Crippen molar-refractivity contribution < 1.29 is 14.2 Å². The summed E-state index contributed by atoms with van der Waals surface area (Å²) in [5.74, 6) is 1.19. The number of ether oxygens (including phenoxy) is 3. The number of benzene rings is 2. The highest BCUT2D eigenvalue weighted by Crippen LogP contribution is 2.32. The zero-order chi connectivity index (χ0) is 21.2. The first-order chi connectivity index (χ1) is 15.2. The number of nitrogens with zero attached hydrogens (tertiary/aromatic N) is 2. The molecule has 1 saturated heterocycles. The third-order valence-electron chi connectivity index (χ3n) is 5.91. The smallest absolute Gasteiger partial charge is 0.351 e. The molecule has 2 aliphatic rings. The molecule has 1 fully saturated rings. The van der Waals surface area contributed by atoms with Gasteiger partial charge in [-0.1, -0.05) is 29.8 Å². The van der Waals surface area contributed by atoms with E-state index >= 15 is 0 Å². The molecule has 0 bridgehead atoms. The van der Waals surface area contributed by atoms with Crippen molar-refractivity contribution in [3.63, 3.8) is 0 Å². The third kappa shape index (κ3) is 4.35. The monoisotopic (exact) mass is 418 g/mol. The van der Waals surface area contributed by atoms with Gasteiger partial charge in [0.25, 0.3) is 0 Å². The molecule has 1 atom stereocenters. The first-order valence-corrected chi connectivity index (χ1v) is 10.8. The van der Waals surface area contributed by atoms with Gasteiger partial charge >= 0.3 is 5.69 Å². The van der Waals surface area contributed by atoms with Gasteiger partial charge in [0.15, 0.2) is 0 Å². The van der Waals surface area contributed by atoms with E-state index in [4.69, 9.17) is 14.2 Å². The summed E-state index contributed by atoms with van der Waals surface area (Å²) < 4.78 is 19.1. The highest BCUT2D eigenvalue weighted by Gasteiger charge is 2.21. The fourth-order valence-electron chi connectivity index (χ4n) is 4.15. The third-order valence-corrected chi connectivity index (χ3v) is 5.91. The van der Waals surface area contributed by atoms with Crippen LogP contribution in [-0.4, -0.2) is 28.9 Å². The quantitative estimate of drug-likeness (QED) is 0.607. The van der Waals surface area contributed by atoms with Gasteiger partial charge in [-0.15, -0.1) is 0 Å². The van der Waals surface area contributed by atoms with E-state index < -0.39 is 0 Å². The summed E-state index contributed by atoms with van der Waals surface area (Å²) in [6, 6.07) is 16.3. The summed E-state index contributed by atoms with van der Waals surface area (Å²) in [5.41, 5.74) is 5.13. The van der Waals surface area contributed by atoms with Gasteiger partial charge in [-0.05, 0) is 55.5 Å². The molecule has 2 aliphatic heterocycles. The molecule has 3 aromatic rings. The van der Waals surface area contributed by atoms with Crippen LogP contribution in [0.5, 0.6) is 11.6 Å². The van der Waals surface area contributed by atoms with Crippen LogP contribution in [0, 0.1) is 6.92 Å². The van der Waals surface area contributed by atoms with Gasteiger partial charge in [0.05, 0.1) is 11.8 Å². The van der Waals surface area contributed by atoms with E-state index in [1.54, 1.807) is 4.57 Å². The standard InChI is InChI=1S/C25H26N2O4/c1-17-4-6-18(7-5-17)15-30-20-8-9-22-19(13-20)10-11-27-23(22)14-24(26-25(27)28)31-16-21-3-2-12-29-21/h4-9,13-14,21H,2-3,10-12,15-16H2,1H3. The van der Waals surface area contributed by atoms with E-state index in [2.05, 4.69) is 42.2 Å². The van der Waals surface area contributed by atoms with Gasteiger partial charge in [-0.25, -0.2) is 4.79 Å². The predicted octanol–water partition coefficient (Wildman–Crippen LogP) is 3.91.